The molecule has 0 N–H and O–H groups in total. The summed E-state index contributed by atoms with van der Waals surface area (Å²) in [5, 5.41) is 8.46. The predicted molar refractivity (Wildman–Crippen MR) is 97.6 cm³/mol. The van der Waals surface area contributed by atoms with Gasteiger partial charge in [-0.1, -0.05) is 48.0 Å². The van der Waals surface area contributed by atoms with Gasteiger partial charge >= 0.3 is 0 Å². The summed E-state index contributed by atoms with van der Waals surface area (Å²) in [5.41, 5.74) is 4.59. The Balaban J connectivity index is 1.79. The van der Waals surface area contributed by atoms with Crippen LogP contribution >= 0.6 is 12.2 Å². The average molecular weight is 339 g/mol. The van der Waals surface area contributed by atoms with E-state index in [4.69, 9.17) is 12.2 Å². The van der Waals surface area contributed by atoms with Gasteiger partial charge in [0.25, 0.3) is 0 Å². The van der Waals surface area contributed by atoms with E-state index < -0.39 is 0 Å². The SMILES string of the molecule is Cc1ccc(-n2nnn(CN(C)Cc3ccccc3)c2=S)c(C)c1. The zero-order chi connectivity index (χ0) is 17.1. The quantitative estimate of drug-likeness (QED) is 0.667. The van der Waals surface area contributed by atoms with E-state index in [1.807, 2.05) is 31.3 Å². The lowest BCUT2D eigenvalue weighted by Crippen LogP contribution is -2.22. The molecule has 3 aromatic rings. The summed E-state index contributed by atoms with van der Waals surface area (Å²) in [4.78, 5) is 2.16. The van der Waals surface area contributed by atoms with Crippen LogP contribution in [-0.2, 0) is 13.2 Å². The van der Waals surface area contributed by atoms with E-state index in [0.717, 1.165) is 17.8 Å². The Kier molecular flexibility index (Phi) is 4.87. The molecule has 0 aliphatic carbocycles. The minimum absolute atomic E-state index is 0.596. The number of tetrazole rings is 1. The molecule has 1 heterocycles. The molecule has 24 heavy (non-hydrogen) atoms. The normalized spacial score (nSPS) is 11.2. The lowest BCUT2D eigenvalue weighted by molar-refractivity contribution is 0.242. The summed E-state index contributed by atoms with van der Waals surface area (Å²) in [7, 11) is 2.05. The topological polar surface area (TPSA) is 38.9 Å². The molecule has 0 unspecified atom stereocenters. The van der Waals surface area contributed by atoms with Crippen molar-refractivity contribution < 1.29 is 0 Å². The molecule has 0 fully saturated rings. The van der Waals surface area contributed by atoms with Crippen LogP contribution in [0.4, 0.5) is 0 Å². The van der Waals surface area contributed by atoms with Crippen LogP contribution in [0.15, 0.2) is 48.5 Å². The van der Waals surface area contributed by atoms with Gasteiger partial charge < -0.3 is 0 Å². The lowest BCUT2D eigenvalue weighted by atomic mass is 10.1. The van der Waals surface area contributed by atoms with Crippen LogP contribution < -0.4 is 0 Å². The number of aromatic nitrogens is 4. The number of aryl methyl sites for hydroxylation is 2. The number of nitrogens with zero attached hydrogens (tertiary/aromatic N) is 5. The Morgan fingerprint density at radius 3 is 2.50 bits per heavy atom. The Labute approximate surface area is 147 Å². The third-order valence-electron chi connectivity index (χ3n) is 3.89. The Morgan fingerprint density at radius 1 is 1.04 bits per heavy atom. The van der Waals surface area contributed by atoms with Gasteiger partial charge in [-0.15, -0.1) is 0 Å². The maximum absolute atomic E-state index is 5.56. The van der Waals surface area contributed by atoms with E-state index in [1.165, 1.54) is 11.1 Å². The van der Waals surface area contributed by atoms with Gasteiger partial charge in [0, 0.05) is 6.54 Å². The summed E-state index contributed by atoms with van der Waals surface area (Å²) in [5.74, 6) is 0. The molecule has 124 valence electrons. The smallest absolute Gasteiger partial charge is 0.221 e. The number of rotatable bonds is 5. The molecule has 0 saturated carbocycles. The van der Waals surface area contributed by atoms with Crippen molar-refractivity contribution in [3.05, 3.63) is 70.0 Å². The van der Waals surface area contributed by atoms with Gasteiger partial charge in [-0.2, -0.15) is 4.68 Å². The van der Waals surface area contributed by atoms with Crippen LogP contribution in [0.5, 0.6) is 0 Å². The molecule has 0 saturated heterocycles. The standard InChI is InChI=1S/C18H21N5S/c1-14-9-10-17(15(2)11-14)23-18(24)22(19-20-23)13-21(3)12-16-7-5-4-6-8-16/h4-11H,12-13H2,1-3H3. The van der Waals surface area contributed by atoms with Crippen LogP contribution in [0.25, 0.3) is 5.69 Å². The first-order chi connectivity index (χ1) is 11.5. The minimum atomic E-state index is 0.596. The van der Waals surface area contributed by atoms with Crippen LogP contribution in [0, 0.1) is 18.6 Å². The third-order valence-corrected chi connectivity index (χ3v) is 4.27. The molecule has 1 aromatic heterocycles. The summed E-state index contributed by atoms with van der Waals surface area (Å²) < 4.78 is 4.07. The summed E-state index contributed by atoms with van der Waals surface area (Å²) >= 11 is 5.56. The number of benzene rings is 2. The summed E-state index contributed by atoms with van der Waals surface area (Å²) in [6.45, 7) is 5.56. The van der Waals surface area contributed by atoms with E-state index in [0.29, 0.717) is 11.4 Å². The van der Waals surface area contributed by atoms with E-state index in [9.17, 15) is 0 Å². The third kappa shape index (κ3) is 3.60. The largest absolute Gasteiger partial charge is 0.283 e. The van der Waals surface area contributed by atoms with E-state index in [-0.39, 0.29) is 0 Å². The van der Waals surface area contributed by atoms with Gasteiger partial charge in [0.05, 0.1) is 12.4 Å². The van der Waals surface area contributed by atoms with Crippen LogP contribution in [0.3, 0.4) is 0 Å². The Morgan fingerprint density at radius 2 is 1.79 bits per heavy atom. The highest BCUT2D eigenvalue weighted by Gasteiger charge is 2.10. The highest BCUT2D eigenvalue weighted by molar-refractivity contribution is 7.71. The van der Waals surface area contributed by atoms with Gasteiger partial charge in [-0.25, -0.2) is 4.68 Å². The molecule has 0 bridgehead atoms. The van der Waals surface area contributed by atoms with Gasteiger partial charge in [-0.05, 0) is 60.7 Å². The van der Waals surface area contributed by atoms with Crippen molar-refractivity contribution in [3.63, 3.8) is 0 Å². The van der Waals surface area contributed by atoms with Crippen molar-refractivity contribution in [2.24, 2.45) is 0 Å². The fraction of sp³-hybridized carbons (Fsp3) is 0.278. The fourth-order valence-corrected chi connectivity index (χ4v) is 2.96. The molecule has 0 aliphatic heterocycles. The molecule has 6 heteroatoms. The van der Waals surface area contributed by atoms with Crippen molar-refractivity contribution >= 4 is 12.2 Å². The Hall–Kier alpha value is -2.31. The highest BCUT2D eigenvalue weighted by atomic mass is 32.1. The molecular weight excluding hydrogens is 318 g/mol. The second kappa shape index (κ2) is 7.07. The molecule has 0 atom stereocenters. The van der Waals surface area contributed by atoms with Gasteiger partial charge in [-0.3, -0.25) is 4.90 Å². The minimum Gasteiger partial charge on any atom is -0.283 e. The molecule has 2 aromatic carbocycles. The van der Waals surface area contributed by atoms with Gasteiger partial charge in [0.1, 0.15) is 0 Å². The monoisotopic (exact) mass is 339 g/mol. The van der Waals surface area contributed by atoms with Crippen molar-refractivity contribution in [2.75, 3.05) is 7.05 Å². The van der Waals surface area contributed by atoms with Crippen molar-refractivity contribution in [2.45, 2.75) is 27.1 Å². The number of hydrogen-bond donors (Lipinski definition) is 0. The van der Waals surface area contributed by atoms with Crippen molar-refractivity contribution in [1.29, 1.82) is 0 Å². The van der Waals surface area contributed by atoms with Crippen LogP contribution in [-0.4, -0.2) is 31.7 Å². The molecule has 3 rings (SSSR count). The molecule has 0 radical (unpaired) electrons. The van der Waals surface area contributed by atoms with Crippen molar-refractivity contribution in [1.82, 2.24) is 24.7 Å². The second-order valence-corrected chi connectivity index (χ2v) is 6.47. The molecule has 0 amide bonds. The maximum Gasteiger partial charge on any atom is 0.221 e. The van der Waals surface area contributed by atoms with Gasteiger partial charge in [0.15, 0.2) is 0 Å². The maximum atomic E-state index is 5.56. The van der Waals surface area contributed by atoms with E-state index in [1.54, 1.807) is 9.36 Å². The molecule has 0 spiro atoms. The summed E-state index contributed by atoms with van der Waals surface area (Å²) in [6.07, 6.45) is 0. The average Bonchev–Trinajstić information content (AvgIpc) is 2.89. The highest BCUT2D eigenvalue weighted by Crippen LogP contribution is 2.15. The first-order valence-corrected chi connectivity index (χ1v) is 8.28. The first-order valence-electron chi connectivity index (χ1n) is 7.87. The molecule has 5 nitrogen and oxygen atoms in total. The molecule has 0 aliphatic rings. The zero-order valence-electron chi connectivity index (χ0n) is 14.2. The van der Waals surface area contributed by atoms with Crippen LogP contribution in [0.2, 0.25) is 0 Å². The predicted octanol–water partition coefficient (Wildman–Crippen LogP) is 3.50. The van der Waals surface area contributed by atoms with Crippen molar-refractivity contribution in [3.8, 4) is 5.69 Å². The van der Waals surface area contributed by atoms with Crippen LogP contribution in [0.1, 0.15) is 16.7 Å². The first kappa shape index (κ1) is 16.5. The van der Waals surface area contributed by atoms with E-state index >= 15 is 0 Å². The molecular formula is C18H21N5S. The Bertz CT molecular complexity index is 882. The van der Waals surface area contributed by atoms with Gasteiger partial charge in [0.2, 0.25) is 4.77 Å². The van der Waals surface area contributed by atoms with E-state index in [2.05, 4.69) is 53.4 Å². The summed E-state index contributed by atoms with van der Waals surface area (Å²) in [6, 6.07) is 16.6. The fourth-order valence-electron chi connectivity index (χ4n) is 2.73. The lowest BCUT2D eigenvalue weighted by Gasteiger charge is -2.15. The number of hydrogen-bond acceptors (Lipinski definition) is 4. The second-order valence-electron chi connectivity index (χ2n) is 6.10. The zero-order valence-corrected chi connectivity index (χ0v) is 15.0.